The van der Waals surface area contributed by atoms with Crippen LogP contribution in [0, 0.1) is 10.1 Å². The minimum absolute atomic E-state index is 0.144. The van der Waals surface area contributed by atoms with Gasteiger partial charge in [0.05, 0.1) is 0 Å². The Hall–Kier alpha value is -1.10. The van der Waals surface area contributed by atoms with Gasteiger partial charge >= 0.3 is 0 Å². The van der Waals surface area contributed by atoms with E-state index in [0.717, 1.165) is 12.2 Å². The normalized spacial score (nSPS) is 34.5. The molecule has 6 heteroatoms. The lowest BCUT2D eigenvalue weighted by Gasteiger charge is -2.18. The van der Waals surface area contributed by atoms with Gasteiger partial charge in [0.2, 0.25) is 0 Å². The molecule has 0 radical (unpaired) electrons. The minimum Gasteiger partial charge on any atom is -0.399 e. The molecule has 4 nitrogen and oxygen atoms in total. The van der Waals surface area contributed by atoms with Crippen LogP contribution in [0.5, 0.6) is 0 Å². The molecule has 2 atom stereocenters. The molecule has 0 fully saturated rings. The molecule has 0 bridgehead atoms. The Balaban J connectivity index is 2.98. The number of halogens is 2. The maximum atomic E-state index is 13.1. The number of hydrogen-bond donors (Lipinski definition) is 1. The highest BCUT2D eigenvalue weighted by atomic mass is 35.5. The van der Waals surface area contributed by atoms with Crippen LogP contribution in [0.4, 0.5) is 4.39 Å². The van der Waals surface area contributed by atoms with E-state index in [2.05, 4.69) is 0 Å². The summed E-state index contributed by atoms with van der Waals surface area (Å²) >= 11 is 5.20. The SMILES string of the molecule is NC1=CC([N+](=O)[O-])C(F)(Cl)C=C1. The van der Waals surface area contributed by atoms with E-state index in [0.29, 0.717) is 0 Å². The molecule has 0 spiro atoms. The van der Waals surface area contributed by atoms with Gasteiger partial charge in [0.1, 0.15) is 0 Å². The summed E-state index contributed by atoms with van der Waals surface area (Å²) < 4.78 is 13.1. The Morgan fingerprint density at radius 2 is 2.42 bits per heavy atom. The smallest absolute Gasteiger partial charge is 0.284 e. The fraction of sp³-hybridized carbons (Fsp3) is 0.333. The van der Waals surface area contributed by atoms with Crippen LogP contribution < -0.4 is 5.73 Å². The van der Waals surface area contributed by atoms with Crippen molar-refractivity contribution >= 4 is 11.6 Å². The zero-order valence-corrected chi connectivity index (χ0v) is 6.66. The van der Waals surface area contributed by atoms with Crippen LogP contribution in [0.1, 0.15) is 0 Å². The topological polar surface area (TPSA) is 69.2 Å². The Morgan fingerprint density at radius 3 is 2.83 bits per heavy atom. The summed E-state index contributed by atoms with van der Waals surface area (Å²) in [5.41, 5.74) is 5.37. The molecule has 0 aliphatic heterocycles. The number of rotatable bonds is 1. The van der Waals surface area contributed by atoms with E-state index in [1.54, 1.807) is 0 Å². The highest BCUT2D eigenvalue weighted by Crippen LogP contribution is 2.30. The van der Waals surface area contributed by atoms with Crippen molar-refractivity contribution in [2.24, 2.45) is 5.73 Å². The van der Waals surface area contributed by atoms with Crippen molar-refractivity contribution in [3.63, 3.8) is 0 Å². The van der Waals surface area contributed by atoms with Crippen LogP contribution in [0.25, 0.3) is 0 Å². The highest BCUT2D eigenvalue weighted by molar-refractivity contribution is 6.24. The third-order valence-electron chi connectivity index (χ3n) is 1.47. The monoisotopic (exact) mass is 192 g/mol. The number of nitro groups is 1. The molecule has 2 unspecified atom stereocenters. The van der Waals surface area contributed by atoms with Crippen LogP contribution in [-0.2, 0) is 0 Å². The van der Waals surface area contributed by atoms with Crippen LogP contribution in [0.2, 0.25) is 0 Å². The highest BCUT2D eigenvalue weighted by Gasteiger charge is 2.44. The largest absolute Gasteiger partial charge is 0.399 e. The van der Waals surface area contributed by atoms with E-state index in [4.69, 9.17) is 17.3 Å². The van der Waals surface area contributed by atoms with Crippen LogP contribution in [0.3, 0.4) is 0 Å². The summed E-state index contributed by atoms with van der Waals surface area (Å²) in [5.74, 6) is 0. The molecule has 2 N–H and O–H groups in total. The zero-order chi connectivity index (χ0) is 9.35. The van der Waals surface area contributed by atoms with E-state index in [-0.39, 0.29) is 5.70 Å². The van der Waals surface area contributed by atoms with Gasteiger partial charge in [0.25, 0.3) is 11.2 Å². The predicted molar refractivity (Wildman–Crippen MR) is 41.9 cm³/mol. The fourth-order valence-corrected chi connectivity index (χ4v) is 1.06. The second-order valence-corrected chi connectivity index (χ2v) is 2.98. The molecule has 0 saturated carbocycles. The zero-order valence-electron chi connectivity index (χ0n) is 5.91. The van der Waals surface area contributed by atoms with E-state index < -0.39 is 16.1 Å². The Morgan fingerprint density at radius 1 is 1.83 bits per heavy atom. The van der Waals surface area contributed by atoms with E-state index in [1.807, 2.05) is 0 Å². The summed E-state index contributed by atoms with van der Waals surface area (Å²) in [4.78, 5) is 9.45. The Labute approximate surface area is 72.6 Å². The second-order valence-electron chi connectivity index (χ2n) is 2.40. The van der Waals surface area contributed by atoms with E-state index in [9.17, 15) is 14.5 Å². The van der Waals surface area contributed by atoms with Crippen molar-refractivity contribution in [2.45, 2.75) is 11.2 Å². The lowest BCUT2D eigenvalue weighted by Crippen LogP contribution is -2.38. The van der Waals surface area contributed by atoms with Gasteiger partial charge in [-0.25, -0.2) is 4.39 Å². The van der Waals surface area contributed by atoms with Crippen molar-refractivity contribution in [3.8, 4) is 0 Å². The molecule has 0 amide bonds. The molecule has 0 aromatic carbocycles. The van der Waals surface area contributed by atoms with Crippen LogP contribution >= 0.6 is 11.6 Å². The molecule has 0 aromatic heterocycles. The van der Waals surface area contributed by atoms with E-state index in [1.165, 1.54) is 6.08 Å². The summed E-state index contributed by atoms with van der Waals surface area (Å²) in [5, 5.41) is 7.80. The number of nitrogens with zero attached hydrogens (tertiary/aromatic N) is 1. The Kier molecular flexibility index (Phi) is 2.06. The minimum atomic E-state index is -2.47. The first kappa shape index (κ1) is 8.99. The first-order valence-electron chi connectivity index (χ1n) is 3.11. The molecular weight excluding hydrogens is 187 g/mol. The number of allylic oxidation sites excluding steroid dienone is 1. The van der Waals surface area contributed by atoms with Crippen molar-refractivity contribution in [1.29, 1.82) is 0 Å². The van der Waals surface area contributed by atoms with Crippen molar-refractivity contribution in [1.82, 2.24) is 0 Å². The molecule has 66 valence electrons. The first-order chi connectivity index (χ1) is 5.43. The maximum Gasteiger partial charge on any atom is 0.284 e. The maximum absolute atomic E-state index is 13.1. The van der Waals surface area contributed by atoms with Gasteiger partial charge in [0.15, 0.2) is 0 Å². The van der Waals surface area contributed by atoms with Gasteiger partial charge in [0, 0.05) is 16.7 Å². The van der Waals surface area contributed by atoms with E-state index >= 15 is 0 Å². The van der Waals surface area contributed by atoms with Crippen molar-refractivity contribution < 1.29 is 9.31 Å². The van der Waals surface area contributed by atoms with Gasteiger partial charge in [-0.3, -0.25) is 10.1 Å². The number of alkyl halides is 2. The average Bonchev–Trinajstić information content (AvgIpc) is 1.94. The molecular formula is C6H6ClFN2O2. The quantitative estimate of drug-likeness (QED) is 0.382. The third-order valence-corrected chi connectivity index (χ3v) is 1.82. The molecule has 1 aliphatic carbocycles. The number of nitrogens with two attached hydrogens (primary N) is 1. The van der Waals surface area contributed by atoms with Gasteiger partial charge in [-0.1, -0.05) is 11.6 Å². The number of hydrogen-bond acceptors (Lipinski definition) is 3. The molecule has 12 heavy (non-hydrogen) atoms. The van der Waals surface area contributed by atoms with Gasteiger partial charge in [-0.2, -0.15) is 0 Å². The average molecular weight is 193 g/mol. The summed E-state index contributed by atoms with van der Waals surface area (Å²) in [6.07, 6.45) is 3.05. The molecule has 1 rings (SSSR count). The fourth-order valence-electron chi connectivity index (χ4n) is 0.856. The summed E-state index contributed by atoms with van der Waals surface area (Å²) in [6, 6.07) is -1.61. The summed E-state index contributed by atoms with van der Waals surface area (Å²) in [7, 11) is 0. The second kappa shape index (κ2) is 2.75. The summed E-state index contributed by atoms with van der Waals surface area (Å²) in [6.45, 7) is 0. The molecule has 1 aliphatic rings. The predicted octanol–water partition coefficient (Wildman–Crippen LogP) is 0.949. The first-order valence-corrected chi connectivity index (χ1v) is 3.49. The van der Waals surface area contributed by atoms with Gasteiger partial charge < -0.3 is 5.73 Å². The van der Waals surface area contributed by atoms with Gasteiger partial charge in [-0.15, -0.1) is 0 Å². The lowest BCUT2D eigenvalue weighted by molar-refractivity contribution is -0.519. The standard InChI is InChI=1S/C6H6ClFN2O2/c7-6(8)2-1-4(9)3-5(6)10(11)12/h1-3,5H,9H2. The van der Waals surface area contributed by atoms with Gasteiger partial charge in [-0.05, 0) is 12.2 Å². The molecule has 0 aromatic rings. The molecule has 0 saturated heterocycles. The van der Waals surface area contributed by atoms with Crippen LogP contribution in [0.15, 0.2) is 23.9 Å². The Bertz CT molecular complexity index is 275. The van der Waals surface area contributed by atoms with Crippen molar-refractivity contribution in [3.05, 3.63) is 34.0 Å². The third kappa shape index (κ3) is 1.55. The van der Waals surface area contributed by atoms with Crippen molar-refractivity contribution in [2.75, 3.05) is 0 Å². The van der Waals surface area contributed by atoms with Crippen LogP contribution in [-0.4, -0.2) is 16.1 Å². The lowest BCUT2D eigenvalue weighted by atomic mass is 10.1. The molecule has 0 heterocycles.